The van der Waals surface area contributed by atoms with Crippen molar-refractivity contribution in [1.29, 1.82) is 0 Å². The molecule has 4 fully saturated rings. The average molecular weight is 283 g/mol. The van der Waals surface area contributed by atoms with Crippen LogP contribution in [-0.4, -0.2) is 6.54 Å². The van der Waals surface area contributed by atoms with Crippen LogP contribution in [0.25, 0.3) is 0 Å². The van der Waals surface area contributed by atoms with Gasteiger partial charge in [-0.05, 0) is 85.8 Å². The minimum absolute atomic E-state index is 0.979. The third-order valence-electron chi connectivity index (χ3n) is 6.53. The first kappa shape index (κ1) is 13.8. The van der Waals surface area contributed by atoms with Gasteiger partial charge in [-0.3, -0.25) is 0 Å². The Labute approximate surface area is 129 Å². The number of nitrogens with one attached hydrogen (secondary N) is 1. The van der Waals surface area contributed by atoms with Crippen LogP contribution in [0.4, 0.5) is 0 Å². The molecule has 1 N–H and O–H groups in total. The molecule has 0 aromatic heterocycles. The zero-order valence-electron chi connectivity index (χ0n) is 13.4. The van der Waals surface area contributed by atoms with Crippen molar-refractivity contribution >= 4 is 0 Å². The molecular formula is C20H29N. The summed E-state index contributed by atoms with van der Waals surface area (Å²) in [4.78, 5) is 0. The minimum atomic E-state index is 0.979. The molecule has 1 aromatic carbocycles. The second kappa shape index (κ2) is 5.76. The van der Waals surface area contributed by atoms with Crippen molar-refractivity contribution in [1.82, 2.24) is 5.32 Å². The van der Waals surface area contributed by atoms with Gasteiger partial charge in [-0.1, -0.05) is 31.2 Å². The molecule has 0 heterocycles. The Balaban J connectivity index is 1.33. The van der Waals surface area contributed by atoms with Gasteiger partial charge in [0.05, 0.1) is 0 Å². The number of hydrogen-bond donors (Lipinski definition) is 1. The highest BCUT2D eigenvalue weighted by Gasteiger charge is 2.47. The molecule has 0 amide bonds. The predicted octanol–water partition coefficient (Wildman–Crippen LogP) is 4.41. The monoisotopic (exact) mass is 283 g/mol. The van der Waals surface area contributed by atoms with Gasteiger partial charge in [0.1, 0.15) is 0 Å². The van der Waals surface area contributed by atoms with Crippen LogP contribution in [0.15, 0.2) is 24.3 Å². The third-order valence-corrected chi connectivity index (χ3v) is 6.53. The lowest BCUT2D eigenvalue weighted by molar-refractivity contribution is -0.0355. The Morgan fingerprint density at radius 2 is 1.62 bits per heavy atom. The number of rotatable bonds is 5. The fraction of sp³-hybridized carbons (Fsp3) is 0.700. The highest BCUT2D eigenvalue weighted by Crippen LogP contribution is 2.56. The van der Waals surface area contributed by atoms with Gasteiger partial charge in [0.25, 0.3) is 0 Å². The van der Waals surface area contributed by atoms with Crippen molar-refractivity contribution in [2.24, 2.45) is 29.6 Å². The summed E-state index contributed by atoms with van der Waals surface area (Å²) in [6, 6.07) is 9.08. The van der Waals surface area contributed by atoms with E-state index in [1.54, 1.807) is 32.1 Å². The first-order valence-corrected chi connectivity index (χ1v) is 9.10. The van der Waals surface area contributed by atoms with Gasteiger partial charge >= 0.3 is 0 Å². The van der Waals surface area contributed by atoms with E-state index in [0.29, 0.717) is 0 Å². The Bertz CT molecular complexity index is 464. The van der Waals surface area contributed by atoms with Crippen molar-refractivity contribution in [2.75, 3.05) is 6.54 Å². The Morgan fingerprint density at radius 1 is 0.952 bits per heavy atom. The second-order valence-corrected chi connectivity index (χ2v) is 7.90. The van der Waals surface area contributed by atoms with E-state index in [-0.39, 0.29) is 0 Å². The summed E-state index contributed by atoms with van der Waals surface area (Å²) in [5.41, 5.74) is 2.92. The second-order valence-electron chi connectivity index (χ2n) is 7.90. The number of aryl methyl sites for hydroxylation is 1. The SMILES string of the molecule is CCc1cccc(CNCC2C3CC4CC(C3)CC2C4)c1. The van der Waals surface area contributed by atoms with Gasteiger partial charge in [-0.2, -0.15) is 0 Å². The fourth-order valence-electron chi connectivity index (χ4n) is 5.71. The van der Waals surface area contributed by atoms with E-state index in [2.05, 4.69) is 36.5 Å². The molecule has 1 aromatic rings. The fourth-order valence-corrected chi connectivity index (χ4v) is 5.71. The summed E-state index contributed by atoms with van der Waals surface area (Å²) < 4.78 is 0. The summed E-state index contributed by atoms with van der Waals surface area (Å²) in [5, 5.41) is 3.78. The molecule has 0 aliphatic heterocycles. The zero-order valence-corrected chi connectivity index (χ0v) is 13.4. The molecule has 4 aliphatic rings. The minimum Gasteiger partial charge on any atom is -0.312 e. The van der Waals surface area contributed by atoms with Crippen molar-refractivity contribution < 1.29 is 0 Å². The van der Waals surface area contributed by atoms with Gasteiger partial charge in [0, 0.05) is 6.54 Å². The quantitative estimate of drug-likeness (QED) is 0.844. The average Bonchev–Trinajstić information content (AvgIpc) is 2.49. The molecule has 21 heavy (non-hydrogen) atoms. The maximum absolute atomic E-state index is 3.78. The summed E-state index contributed by atoms with van der Waals surface area (Å²) in [6.45, 7) is 4.54. The number of benzene rings is 1. The van der Waals surface area contributed by atoms with Crippen LogP contribution < -0.4 is 5.32 Å². The van der Waals surface area contributed by atoms with Crippen molar-refractivity contribution in [3.63, 3.8) is 0 Å². The molecule has 0 atom stereocenters. The van der Waals surface area contributed by atoms with Gasteiger partial charge < -0.3 is 5.32 Å². The lowest BCUT2D eigenvalue weighted by Gasteiger charge is -2.54. The molecule has 5 rings (SSSR count). The lowest BCUT2D eigenvalue weighted by Crippen LogP contribution is -2.48. The van der Waals surface area contributed by atoms with Crippen molar-refractivity contribution in [3.8, 4) is 0 Å². The van der Waals surface area contributed by atoms with Crippen LogP contribution in [0.5, 0.6) is 0 Å². The molecule has 0 unspecified atom stereocenters. The van der Waals surface area contributed by atoms with E-state index in [4.69, 9.17) is 0 Å². The van der Waals surface area contributed by atoms with E-state index < -0.39 is 0 Å². The Morgan fingerprint density at radius 3 is 2.29 bits per heavy atom. The van der Waals surface area contributed by atoms with Crippen LogP contribution in [0.1, 0.15) is 50.2 Å². The third kappa shape index (κ3) is 2.77. The smallest absolute Gasteiger partial charge is 0.0205 e. The molecule has 4 bridgehead atoms. The molecule has 4 saturated carbocycles. The Kier molecular flexibility index (Phi) is 3.79. The topological polar surface area (TPSA) is 12.0 Å². The highest BCUT2D eigenvalue weighted by molar-refractivity contribution is 5.23. The predicted molar refractivity (Wildman–Crippen MR) is 88.1 cm³/mol. The van der Waals surface area contributed by atoms with E-state index in [9.17, 15) is 0 Å². The molecule has 1 heteroatoms. The van der Waals surface area contributed by atoms with E-state index in [1.807, 2.05) is 0 Å². The summed E-state index contributed by atoms with van der Waals surface area (Å²) in [5.74, 6) is 5.29. The molecule has 0 saturated heterocycles. The maximum Gasteiger partial charge on any atom is 0.0205 e. The molecule has 114 valence electrons. The Hall–Kier alpha value is -0.820. The first-order chi connectivity index (χ1) is 10.3. The standard InChI is InChI=1S/C20H29N/c1-2-14-4-3-5-15(6-14)12-21-13-20-18-8-16-7-17(10-18)11-19(20)9-16/h3-6,16-21H,2,7-13H2,1H3. The normalized spacial score (nSPS) is 37.1. The van der Waals surface area contributed by atoms with Gasteiger partial charge in [-0.15, -0.1) is 0 Å². The first-order valence-electron chi connectivity index (χ1n) is 9.10. The van der Waals surface area contributed by atoms with Crippen LogP contribution in [-0.2, 0) is 13.0 Å². The molecule has 0 radical (unpaired) electrons. The molecule has 0 spiro atoms. The molecular weight excluding hydrogens is 254 g/mol. The maximum atomic E-state index is 3.78. The van der Waals surface area contributed by atoms with E-state index in [1.165, 1.54) is 17.7 Å². The van der Waals surface area contributed by atoms with Gasteiger partial charge in [-0.25, -0.2) is 0 Å². The van der Waals surface area contributed by atoms with Gasteiger partial charge in [0.15, 0.2) is 0 Å². The molecule has 4 aliphatic carbocycles. The van der Waals surface area contributed by atoms with E-state index >= 15 is 0 Å². The van der Waals surface area contributed by atoms with Crippen LogP contribution >= 0.6 is 0 Å². The van der Waals surface area contributed by atoms with Crippen LogP contribution in [0, 0.1) is 29.6 Å². The summed E-state index contributed by atoms with van der Waals surface area (Å²) >= 11 is 0. The molecule has 1 nitrogen and oxygen atoms in total. The zero-order chi connectivity index (χ0) is 14.2. The summed E-state index contributed by atoms with van der Waals surface area (Å²) in [7, 11) is 0. The van der Waals surface area contributed by atoms with Gasteiger partial charge in [0.2, 0.25) is 0 Å². The van der Waals surface area contributed by atoms with E-state index in [0.717, 1.165) is 42.6 Å². The van der Waals surface area contributed by atoms with Crippen LogP contribution in [0.2, 0.25) is 0 Å². The highest BCUT2D eigenvalue weighted by atomic mass is 14.9. The lowest BCUT2D eigenvalue weighted by atomic mass is 9.52. The van der Waals surface area contributed by atoms with Crippen molar-refractivity contribution in [2.45, 2.75) is 52.0 Å². The largest absolute Gasteiger partial charge is 0.312 e. The summed E-state index contributed by atoms with van der Waals surface area (Å²) in [6.07, 6.45) is 8.89. The van der Waals surface area contributed by atoms with Crippen LogP contribution in [0.3, 0.4) is 0 Å². The number of hydrogen-bond acceptors (Lipinski definition) is 1. The van der Waals surface area contributed by atoms with Crippen molar-refractivity contribution in [3.05, 3.63) is 35.4 Å².